The van der Waals surface area contributed by atoms with Gasteiger partial charge in [0.05, 0.1) is 19.8 Å². The number of aliphatic hydroxyl groups excluding tert-OH is 1. The first-order valence-electron chi connectivity index (χ1n) is 5.48. The number of rotatable bonds is 7. The molecule has 0 radical (unpaired) electrons. The minimum absolute atomic E-state index is 0.00730. The summed E-state index contributed by atoms with van der Waals surface area (Å²) in [4.78, 5) is 0. The van der Waals surface area contributed by atoms with E-state index in [0.717, 1.165) is 11.5 Å². The number of aliphatic hydroxyl groups is 1. The van der Waals surface area contributed by atoms with Gasteiger partial charge < -0.3 is 20.3 Å². The summed E-state index contributed by atoms with van der Waals surface area (Å²) < 4.78 is 10.8. The summed E-state index contributed by atoms with van der Waals surface area (Å²) in [5.41, 5.74) is 5.55. The van der Waals surface area contributed by atoms with E-state index in [1.165, 1.54) is 0 Å². The monoisotopic (exact) mass is 225 g/mol. The molecular formula is C12H19NO3. The molecule has 0 spiro atoms. The van der Waals surface area contributed by atoms with Gasteiger partial charge in [0.15, 0.2) is 0 Å². The third kappa shape index (κ3) is 4.51. The lowest BCUT2D eigenvalue weighted by atomic mass is 10.2. The van der Waals surface area contributed by atoms with E-state index in [1.54, 1.807) is 0 Å². The molecule has 0 saturated carbocycles. The van der Waals surface area contributed by atoms with Gasteiger partial charge in [0, 0.05) is 6.04 Å². The van der Waals surface area contributed by atoms with E-state index in [0.29, 0.717) is 19.6 Å². The fourth-order valence-corrected chi connectivity index (χ4v) is 1.22. The molecule has 0 heterocycles. The Hall–Kier alpha value is -1.26. The van der Waals surface area contributed by atoms with Crippen molar-refractivity contribution in [3.63, 3.8) is 0 Å². The Balaban J connectivity index is 2.31. The third-order valence-electron chi connectivity index (χ3n) is 2.13. The van der Waals surface area contributed by atoms with E-state index in [-0.39, 0.29) is 12.6 Å². The molecule has 1 aromatic rings. The molecule has 1 aromatic carbocycles. The molecule has 16 heavy (non-hydrogen) atoms. The first-order valence-corrected chi connectivity index (χ1v) is 5.48. The Morgan fingerprint density at radius 2 is 1.75 bits per heavy atom. The molecule has 0 aliphatic heterocycles. The third-order valence-corrected chi connectivity index (χ3v) is 2.13. The molecule has 4 heteroatoms. The van der Waals surface area contributed by atoms with Gasteiger partial charge in [0.25, 0.3) is 0 Å². The van der Waals surface area contributed by atoms with Crippen LogP contribution in [0.15, 0.2) is 24.3 Å². The zero-order chi connectivity index (χ0) is 11.8. The van der Waals surface area contributed by atoms with Crippen molar-refractivity contribution in [2.45, 2.75) is 19.4 Å². The quantitative estimate of drug-likeness (QED) is 0.731. The van der Waals surface area contributed by atoms with Crippen LogP contribution in [0.4, 0.5) is 0 Å². The van der Waals surface area contributed by atoms with Gasteiger partial charge in [-0.2, -0.15) is 0 Å². The maximum absolute atomic E-state index is 8.73. The van der Waals surface area contributed by atoms with Crippen LogP contribution in [0.2, 0.25) is 0 Å². The van der Waals surface area contributed by atoms with E-state index in [1.807, 2.05) is 31.2 Å². The zero-order valence-corrected chi connectivity index (χ0v) is 9.56. The zero-order valence-electron chi connectivity index (χ0n) is 9.56. The fourth-order valence-electron chi connectivity index (χ4n) is 1.22. The second-order valence-corrected chi connectivity index (χ2v) is 3.48. The van der Waals surface area contributed by atoms with Crippen molar-refractivity contribution in [1.82, 2.24) is 0 Å². The first-order chi connectivity index (χ1) is 7.76. The van der Waals surface area contributed by atoms with Crippen LogP contribution in [0.3, 0.4) is 0 Å². The minimum Gasteiger partial charge on any atom is -0.494 e. The smallest absolute Gasteiger partial charge is 0.119 e. The van der Waals surface area contributed by atoms with E-state index >= 15 is 0 Å². The van der Waals surface area contributed by atoms with Crippen LogP contribution in [0, 0.1) is 0 Å². The Labute approximate surface area is 96.0 Å². The molecule has 1 unspecified atom stereocenters. The molecule has 1 atom stereocenters. The van der Waals surface area contributed by atoms with Crippen molar-refractivity contribution in [3.8, 4) is 11.5 Å². The van der Waals surface area contributed by atoms with Crippen molar-refractivity contribution in [2.24, 2.45) is 5.73 Å². The first kappa shape index (κ1) is 12.8. The van der Waals surface area contributed by atoms with Crippen molar-refractivity contribution >= 4 is 0 Å². The van der Waals surface area contributed by atoms with Crippen LogP contribution >= 0.6 is 0 Å². The van der Waals surface area contributed by atoms with E-state index in [2.05, 4.69) is 0 Å². The summed E-state index contributed by atoms with van der Waals surface area (Å²) in [6.45, 7) is 3.11. The van der Waals surface area contributed by atoms with Crippen molar-refractivity contribution < 1.29 is 14.6 Å². The minimum atomic E-state index is -0.206. The average molecular weight is 225 g/mol. The lowest BCUT2D eigenvalue weighted by Gasteiger charge is -2.10. The lowest BCUT2D eigenvalue weighted by molar-refractivity contribution is 0.230. The van der Waals surface area contributed by atoms with Gasteiger partial charge in [0.1, 0.15) is 11.5 Å². The van der Waals surface area contributed by atoms with Crippen molar-refractivity contribution in [1.29, 1.82) is 0 Å². The highest BCUT2D eigenvalue weighted by Gasteiger charge is 2.00. The highest BCUT2D eigenvalue weighted by molar-refractivity contribution is 5.31. The standard InChI is InChI=1S/C12H19NO3/c1-2-15-11-3-5-12(6-4-11)16-8-7-10(13)9-14/h3-6,10,14H,2,7-9,13H2,1H3. The van der Waals surface area contributed by atoms with Gasteiger partial charge >= 0.3 is 0 Å². The van der Waals surface area contributed by atoms with E-state index in [9.17, 15) is 0 Å². The Morgan fingerprint density at radius 1 is 1.19 bits per heavy atom. The molecule has 3 N–H and O–H groups in total. The summed E-state index contributed by atoms with van der Waals surface area (Å²) in [6.07, 6.45) is 0.643. The fraction of sp³-hybridized carbons (Fsp3) is 0.500. The predicted octanol–water partition coefficient (Wildman–Crippen LogP) is 1.17. The van der Waals surface area contributed by atoms with E-state index < -0.39 is 0 Å². The Morgan fingerprint density at radius 3 is 2.25 bits per heavy atom. The molecule has 0 aromatic heterocycles. The number of hydrogen-bond acceptors (Lipinski definition) is 4. The van der Waals surface area contributed by atoms with E-state index in [4.69, 9.17) is 20.3 Å². The summed E-state index contributed by atoms with van der Waals surface area (Å²) in [7, 11) is 0. The molecule has 0 fully saturated rings. The number of nitrogens with two attached hydrogens (primary N) is 1. The molecular weight excluding hydrogens is 206 g/mol. The molecule has 1 rings (SSSR count). The second-order valence-electron chi connectivity index (χ2n) is 3.48. The van der Waals surface area contributed by atoms with Crippen molar-refractivity contribution in [3.05, 3.63) is 24.3 Å². The highest BCUT2D eigenvalue weighted by Crippen LogP contribution is 2.17. The van der Waals surface area contributed by atoms with Gasteiger partial charge in [0.2, 0.25) is 0 Å². The van der Waals surface area contributed by atoms with Gasteiger partial charge in [-0.15, -0.1) is 0 Å². The SMILES string of the molecule is CCOc1ccc(OCCC(N)CO)cc1. The summed E-state index contributed by atoms with van der Waals surface area (Å²) >= 11 is 0. The number of benzene rings is 1. The number of ether oxygens (including phenoxy) is 2. The van der Waals surface area contributed by atoms with Crippen LogP contribution < -0.4 is 15.2 Å². The van der Waals surface area contributed by atoms with Crippen LogP contribution in [-0.4, -0.2) is 31.0 Å². The largest absolute Gasteiger partial charge is 0.494 e. The summed E-state index contributed by atoms with van der Waals surface area (Å²) in [5.74, 6) is 1.62. The molecule has 0 amide bonds. The maximum atomic E-state index is 8.73. The van der Waals surface area contributed by atoms with Gasteiger partial charge in [-0.25, -0.2) is 0 Å². The lowest BCUT2D eigenvalue weighted by Crippen LogP contribution is -2.26. The van der Waals surface area contributed by atoms with Crippen LogP contribution in [0.1, 0.15) is 13.3 Å². The average Bonchev–Trinajstić information content (AvgIpc) is 2.31. The normalized spacial score (nSPS) is 12.2. The van der Waals surface area contributed by atoms with Gasteiger partial charge in [-0.05, 0) is 37.6 Å². The molecule has 4 nitrogen and oxygen atoms in total. The summed E-state index contributed by atoms with van der Waals surface area (Å²) in [6, 6.07) is 7.24. The molecule has 0 bridgehead atoms. The molecule has 0 saturated heterocycles. The van der Waals surface area contributed by atoms with Crippen molar-refractivity contribution in [2.75, 3.05) is 19.8 Å². The van der Waals surface area contributed by atoms with Gasteiger partial charge in [-0.3, -0.25) is 0 Å². The Kier molecular flexibility index (Phi) is 5.67. The maximum Gasteiger partial charge on any atom is 0.119 e. The van der Waals surface area contributed by atoms with Crippen LogP contribution in [-0.2, 0) is 0 Å². The second kappa shape index (κ2) is 7.09. The molecule has 0 aliphatic carbocycles. The topological polar surface area (TPSA) is 64.7 Å². The molecule has 90 valence electrons. The Bertz CT molecular complexity index is 287. The summed E-state index contributed by atoms with van der Waals surface area (Å²) in [5, 5.41) is 8.73. The molecule has 0 aliphatic rings. The van der Waals surface area contributed by atoms with Gasteiger partial charge in [-0.1, -0.05) is 0 Å². The predicted molar refractivity (Wildman–Crippen MR) is 62.8 cm³/mol. The highest BCUT2D eigenvalue weighted by atomic mass is 16.5. The van der Waals surface area contributed by atoms with Crippen LogP contribution in [0.5, 0.6) is 11.5 Å². The van der Waals surface area contributed by atoms with Crippen LogP contribution in [0.25, 0.3) is 0 Å². The number of hydrogen-bond donors (Lipinski definition) is 2.